The van der Waals surface area contributed by atoms with Gasteiger partial charge in [0, 0.05) is 29.1 Å². The number of hydrogen-bond acceptors (Lipinski definition) is 5. The Morgan fingerprint density at radius 3 is 2.78 bits per heavy atom. The molecule has 120 valence electrons. The number of hydrogen-bond donors (Lipinski definition) is 1. The molecule has 6 nitrogen and oxygen atoms in total. The number of carbonyl (C=O) groups is 1. The number of rotatable bonds is 5. The molecule has 0 unspecified atom stereocenters. The summed E-state index contributed by atoms with van der Waals surface area (Å²) >= 11 is 5.88. The van der Waals surface area contributed by atoms with Crippen LogP contribution in [-0.4, -0.2) is 26.4 Å². The van der Waals surface area contributed by atoms with Gasteiger partial charge in [0.05, 0.1) is 7.11 Å². The summed E-state index contributed by atoms with van der Waals surface area (Å²) in [6.45, 7) is 0. The SMILES string of the molecule is COc1ccc(Cl)cc1/C=C/C(=O)NS(=O)(=O)c1cccnc1. The maximum absolute atomic E-state index is 12.0. The fraction of sp³-hybridized carbons (Fsp3) is 0.0667. The number of pyridine rings is 1. The molecule has 0 aliphatic carbocycles. The molecule has 0 saturated carbocycles. The van der Waals surface area contributed by atoms with Crippen LogP contribution in [0.2, 0.25) is 5.02 Å². The van der Waals surface area contributed by atoms with Gasteiger partial charge in [0.25, 0.3) is 15.9 Å². The zero-order valence-corrected chi connectivity index (χ0v) is 13.6. The van der Waals surface area contributed by atoms with Crippen molar-refractivity contribution in [1.29, 1.82) is 0 Å². The van der Waals surface area contributed by atoms with Gasteiger partial charge in [-0.05, 0) is 36.4 Å². The van der Waals surface area contributed by atoms with Crippen molar-refractivity contribution in [2.75, 3.05) is 7.11 Å². The summed E-state index contributed by atoms with van der Waals surface area (Å²) in [5.41, 5.74) is 0.550. The monoisotopic (exact) mass is 352 g/mol. The van der Waals surface area contributed by atoms with E-state index in [0.717, 1.165) is 12.3 Å². The molecule has 0 radical (unpaired) electrons. The smallest absolute Gasteiger partial charge is 0.265 e. The molecule has 0 spiro atoms. The van der Waals surface area contributed by atoms with Crippen LogP contribution in [-0.2, 0) is 14.8 Å². The predicted octanol–water partition coefficient (Wildman–Crippen LogP) is 2.26. The van der Waals surface area contributed by atoms with Crippen molar-refractivity contribution in [3.63, 3.8) is 0 Å². The molecule has 8 heteroatoms. The van der Waals surface area contributed by atoms with E-state index in [1.54, 1.807) is 18.2 Å². The van der Waals surface area contributed by atoms with E-state index < -0.39 is 15.9 Å². The zero-order valence-electron chi connectivity index (χ0n) is 12.1. The fourth-order valence-corrected chi connectivity index (χ4v) is 2.82. The van der Waals surface area contributed by atoms with Crippen LogP contribution in [0.15, 0.2) is 53.7 Å². The Bertz CT molecular complexity index is 836. The molecule has 1 aromatic heterocycles. The third-order valence-electron chi connectivity index (χ3n) is 2.79. The molecule has 2 aromatic rings. The summed E-state index contributed by atoms with van der Waals surface area (Å²) in [7, 11) is -2.48. The predicted molar refractivity (Wildman–Crippen MR) is 86.6 cm³/mol. The first-order valence-electron chi connectivity index (χ1n) is 6.41. The first-order valence-corrected chi connectivity index (χ1v) is 8.27. The maximum atomic E-state index is 12.0. The molecular weight excluding hydrogens is 340 g/mol. The Labute approximate surface area is 138 Å². The second-order valence-corrected chi connectivity index (χ2v) is 6.50. The summed E-state index contributed by atoms with van der Waals surface area (Å²) in [5.74, 6) is -0.288. The average molecular weight is 353 g/mol. The quantitative estimate of drug-likeness (QED) is 0.834. The van der Waals surface area contributed by atoms with Crippen LogP contribution in [0.25, 0.3) is 6.08 Å². The number of benzene rings is 1. The van der Waals surface area contributed by atoms with Crippen molar-refractivity contribution in [2.45, 2.75) is 4.90 Å². The van der Waals surface area contributed by atoms with Crippen molar-refractivity contribution >= 4 is 33.6 Å². The summed E-state index contributed by atoms with van der Waals surface area (Å²) in [6, 6.07) is 7.69. The van der Waals surface area contributed by atoms with E-state index in [1.807, 2.05) is 4.72 Å². The van der Waals surface area contributed by atoms with E-state index in [4.69, 9.17) is 16.3 Å². The number of sulfonamides is 1. The molecule has 1 aromatic carbocycles. The maximum Gasteiger partial charge on any atom is 0.265 e. The minimum absolute atomic E-state index is 0.0953. The Balaban J connectivity index is 2.15. The van der Waals surface area contributed by atoms with Gasteiger partial charge >= 0.3 is 0 Å². The molecule has 1 N–H and O–H groups in total. The van der Waals surface area contributed by atoms with Gasteiger partial charge in [0.2, 0.25) is 0 Å². The molecule has 0 saturated heterocycles. The number of aromatic nitrogens is 1. The van der Waals surface area contributed by atoms with Crippen molar-refractivity contribution in [3.8, 4) is 5.75 Å². The van der Waals surface area contributed by atoms with Gasteiger partial charge in [0.15, 0.2) is 0 Å². The second kappa shape index (κ2) is 7.26. The molecule has 0 bridgehead atoms. The number of ether oxygens (including phenoxy) is 1. The highest BCUT2D eigenvalue weighted by atomic mass is 35.5. The van der Waals surface area contributed by atoms with E-state index >= 15 is 0 Å². The third-order valence-corrected chi connectivity index (χ3v) is 4.35. The number of nitrogens with one attached hydrogen (secondary N) is 1. The number of nitrogens with zero attached hydrogens (tertiary/aromatic N) is 1. The van der Waals surface area contributed by atoms with Gasteiger partial charge in [0.1, 0.15) is 10.6 Å². The second-order valence-electron chi connectivity index (χ2n) is 4.38. The molecular formula is C15H13ClN2O4S. The van der Waals surface area contributed by atoms with Gasteiger partial charge in [-0.15, -0.1) is 0 Å². The van der Waals surface area contributed by atoms with Crippen molar-refractivity contribution in [2.24, 2.45) is 0 Å². The minimum atomic E-state index is -3.96. The topological polar surface area (TPSA) is 85.4 Å². The van der Waals surface area contributed by atoms with Gasteiger partial charge in [-0.3, -0.25) is 9.78 Å². The summed E-state index contributed by atoms with van der Waals surface area (Å²) in [4.78, 5) is 15.4. The normalized spacial score (nSPS) is 11.4. The standard InChI is InChI=1S/C15H13ClN2O4S/c1-22-14-6-5-12(16)9-11(14)4-7-15(19)18-23(20,21)13-3-2-8-17-10-13/h2-10H,1H3,(H,18,19)/b7-4+. The van der Waals surface area contributed by atoms with Crippen LogP contribution >= 0.6 is 11.6 Å². The number of carbonyl (C=O) groups excluding carboxylic acids is 1. The summed E-state index contributed by atoms with van der Waals surface area (Å²) < 4.78 is 31.0. The van der Waals surface area contributed by atoms with Crippen molar-refractivity contribution < 1.29 is 17.9 Å². The summed E-state index contributed by atoms with van der Waals surface area (Å²) in [6.07, 6.45) is 5.09. The number of amides is 1. The average Bonchev–Trinajstić information content (AvgIpc) is 2.53. The van der Waals surface area contributed by atoms with E-state index in [2.05, 4.69) is 4.98 Å². The lowest BCUT2D eigenvalue weighted by molar-refractivity contribution is -0.114. The summed E-state index contributed by atoms with van der Waals surface area (Å²) in [5, 5.41) is 0.467. The first-order chi connectivity index (χ1) is 10.9. The van der Waals surface area contributed by atoms with E-state index in [-0.39, 0.29) is 4.90 Å². The van der Waals surface area contributed by atoms with Crippen LogP contribution in [0.3, 0.4) is 0 Å². The molecule has 23 heavy (non-hydrogen) atoms. The number of methoxy groups -OCH3 is 1. The molecule has 0 aliphatic heterocycles. The Morgan fingerprint density at radius 1 is 1.35 bits per heavy atom. The van der Waals surface area contributed by atoms with E-state index in [1.165, 1.54) is 31.5 Å². The molecule has 0 fully saturated rings. The van der Waals surface area contributed by atoms with Crippen LogP contribution in [0.4, 0.5) is 0 Å². The van der Waals surface area contributed by atoms with Crippen LogP contribution in [0.1, 0.15) is 5.56 Å². The highest BCUT2D eigenvalue weighted by Crippen LogP contribution is 2.23. The largest absolute Gasteiger partial charge is 0.496 e. The Hall–Kier alpha value is -2.38. The van der Waals surface area contributed by atoms with Crippen molar-refractivity contribution in [1.82, 2.24) is 9.71 Å². The van der Waals surface area contributed by atoms with Gasteiger partial charge in [-0.25, -0.2) is 13.1 Å². The van der Waals surface area contributed by atoms with Crippen molar-refractivity contribution in [3.05, 3.63) is 59.4 Å². The first kappa shape index (κ1) is 17.0. The molecule has 1 amide bonds. The van der Waals surface area contributed by atoms with Crippen LogP contribution in [0, 0.1) is 0 Å². The molecule has 0 aliphatic rings. The Morgan fingerprint density at radius 2 is 2.13 bits per heavy atom. The minimum Gasteiger partial charge on any atom is -0.496 e. The molecule has 2 rings (SSSR count). The third kappa shape index (κ3) is 4.54. The highest BCUT2D eigenvalue weighted by molar-refractivity contribution is 7.90. The lowest BCUT2D eigenvalue weighted by atomic mass is 10.2. The number of halogens is 1. The van der Waals surface area contributed by atoms with E-state index in [9.17, 15) is 13.2 Å². The molecule has 0 atom stereocenters. The van der Waals surface area contributed by atoms with Gasteiger partial charge < -0.3 is 4.74 Å². The Kier molecular flexibility index (Phi) is 5.36. The van der Waals surface area contributed by atoms with Gasteiger partial charge in [-0.1, -0.05) is 11.6 Å². The van der Waals surface area contributed by atoms with E-state index in [0.29, 0.717) is 16.3 Å². The van der Waals surface area contributed by atoms with Gasteiger partial charge in [-0.2, -0.15) is 0 Å². The molecule has 1 heterocycles. The lowest BCUT2D eigenvalue weighted by Crippen LogP contribution is -2.29. The lowest BCUT2D eigenvalue weighted by Gasteiger charge is -2.05. The zero-order chi connectivity index (χ0) is 16.9. The highest BCUT2D eigenvalue weighted by Gasteiger charge is 2.16. The van der Waals surface area contributed by atoms with Crippen LogP contribution in [0.5, 0.6) is 5.75 Å². The fourth-order valence-electron chi connectivity index (χ4n) is 1.73. The van der Waals surface area contributed by atoms with Crippen LogP contribution < -0.4 is 9.46 Å².